The maximum Gasteiger partial charge on any atom is -0.00835 e. The molecule has 1 aromatic carbocycles. The van der Waals surface area contributed by atoms with Crippen LogP contribution in [0.2, 0.25) is 0 Å². The van der Waals surface area contributed by atoms with E-state index in [1.165, 1.54) is 16.7 Å². The Kier molecular flexibility index (Phi) is 4.01. The van der Waals surface area contributed by atoms with Crippen molar-refractivity contribution in [2.75, 3.05) is 0 Å². The summed E-state index contributed by atoms with van der Waals surface area (Å²) in [4.78, 5) is 0. The predicted molar refractivity (Wildman–Crippen MR) is 62.9 cm³/mol. The van der Waals surface area contributed by atoms with Crippen molar-refractivity contribution in [3.8, 4) is 12.3 Å². The van der Waals surface area contributed by atoms with Crippen molar-refractivity contribution >= 4 is 5.57 Å². The second kappa shape index (κ2) is 5.29. The highest BCUT2D eigenvalue weighted by Gasteiger charge is 1.98. The van der Waals surface area contributed by atoms with Gasteiger partial charge in [0.05, 0.1) is 0 Å². The summed E-state index contributed by atoms with van der Waals surface area (Å²) in [6, 6.07) is 8.51. The van der Waals surface area contributed by atoms with Crippen LogP contribution in [-0.2, 0) is 0 Å². The van der Waals surface area contributed by atoms with E-state index in [1.807, 2.05) is 6.08 Å². The fourth-order valence-corrected chi connectivity index (χ4v) is 1.44. The molecule has 0 heterocycles. The monoisotopic (exact) mass is 184 g/mol. The van der Waals surface area contributed by atoms with Gasteiger partial charge in [-0.15, -0.1) is 6.42 Å². The summed E-state index contributed by atoms with van der Waals surface area (Å²) in [6.45, 7) is 4.26. The molecule has 0 spiro atoms. The number of hydrogen-bond acceptors (Lipinski definition) is 0. The van der Waals surface area contributed by atoms with Gasteiger partial charge in [0.1, 0.15) is 0 Å². The van der Waals surface area contributed by atoms with Crippen LogP contribution >= 0.6 is 0 Å². The van der Waals surface area contributed by atoms with Gasteiger partial charge in [-0.3, -0.25) is 0 Å². The Hall–Kier alpha value is -1.48. The lowest BCUT2D eigenvalue weighted by molar-refractivity contribution is 0.973. The fourth-order valence-electron chi connectivity index (χ4n) is 1.44. The van der Waals surface area contributed by atoms with Gasteiger partial charge >= 0.3 is 0 Å². The van der Waals surface area contributed by atoms with Crippen molar-refractivity contribution < 1.29 is 0 Å². The maximum absolute atomic E-state index is 5.30. The molecule has 0 N–H and O–H groups in total. The first-order valence-electron chi connectivity index (χ1n) is 5.00. The molecule has 0 bridgehead atoms. The van der Waals surface area contributed by atoms with Crippen LogP contribution in [0.3, 0.4) is 0 Å². The van der Waals surface area contributed by atoms with Crippen LogP contribution in [0.4, 0.5) is 0 Å². The standard InChI is InChI=1S/C14H16/c1-4-6-13(7-5-2)14-10-8-12(3)9-11-14/h1,6,8-11H,5,7H2,2-3H3/b13-6+. The number of aryl methyl sites for hydroxylation is 1. The SMILES string of the molecule is C#C/C=C(\CCC)c1ccc(C)cc1. The summed E-state index contributed by atoms with van der Waals surface area (Å²) < 4.78 is 0. The normalized spacial score (nSPS) is 11.1. The second-order valence-electron chi connectivity index (χ2n) is 3.45. The summed E-state index contributed by atoms with van der Waals surface area (Å²) in [5.74, 6) is 2.60. The van der Waals surface area contributed by atoms with Gasteiger partial charge in [0.25, 0.3) is 0 Å². The molecule has 0 amide bonds. The molecular formula is C14H16. The van der Waals surface area contributed by atoms with Crippen LogP contribution in [0.1, 0.15) is 30.9 Å². The molecule has 0 unspecified atom stereocenters. The Labute approximate surface area is 86.7 Å². The highest BCUT2D eigenvalue weighted by molar-refractivity contribution is 5.68. The molecule has 0 aliphatic rings. The number of allylic oxidation sites excluding steroid dienone is 2. The van der Waals surface area contributed by atoms with Crippen molar-refractivity contribution in [3.05, 3.63) is 41.5 Å². The first kappa shape index (κ1) is 10.6. The molecule has 0 saturated heterocycles. The minimum absolute atomic E-state index is 1.05. The summed E-state index contributed by atoms with van der Waals surface area (Å²) >= 11 is 0. The largest absolute Gasteiger partial charge is 0.115 e. The van der Waals surface area contributed by atoms with Crippen molar-refractivity contribution in [3.63, 3.8) is 0 Å². The van der Waals surface area contributed by atoms with Gasteiger partial charge in [-0.2, -0.15) is 0 Å². The minimum Gasteiger partial charge on any atom is -0.115 e. The summed E-state index contributed by atoms with van der Waals surface area (Å²) in [5, 5.41) is 0. The molecule has 0 saturated carbocycles. The molecule has 0 heteroatoms. The lowest BCUT2D eigenvalue weighted by Crippen LogP contribution is -1.84. The predicted octanol–water partition coefficient (Wildman–Crippen LogP) is 3.81. The number of hydrogen-bond donors (Lipinski definition) is 0. The zero-order valence-electron chi connectivity index (χ0n) is 8.88. The van der Waals surface area contributed by atoms with E-state index in [0.29, 0.717) is 0 Å². The summed E-state index contributed by atoms with van der Waals surface area (Å²) in [5.41, 5.74) is 3.79. The first-order valence-corrected chi connectivity index (χ1v) is 5.00. The second-order valence-corrected chi connectivity index (χ2v) is 3.45. The Morgan fingerprint density at radius 2 is 2.00 bits per heavy atom. The van der Waals surface area contributed by atoms with E-state index >= 15 is 0 Å². The molecule has 0 fully saturated rings. The quantitative estimate of drug-likeness (QED) is 0.626. The highest BCUT2D eigenvalue weighted by atomic mass is 14.0. The smallest absolute Gasteiger partial charge is 0.00835 e. The van der Waals surface area contributed by atoms with Crippen molar-refractivity contribution in [1.29, 1.82) is 0 Å². The minimum atomic E-state index is 1.05. The van der Waals surface area contributed by atoms with Crippen LogP contribution in [0.15, 0.2) is 30.3 Å². The van der Waals surface area contributed by atoms with Gasteiger partial charge in [0.15, 0.2) is 0 Å². The molecule has 0 aromatic heterocycles. The maximum atomic E-state index is 5.30. The Morgan fingerprint density at radius 3 is 2.50 bits per heavy atom. The van der Waals surface area contributed by atoms with Crippen LogP contribution < -0.4 is 0 Å². The third-order valence-corrected chi connectivity index (χ3v) is 2.20. The van der Waals surface area contributed by atoms with Gasteiger partial charge < -0.3 is 0 Å². The Bertz CT molecular complexity index is 347. The van der Waals surface area contributed by atoms with Gasteiger partial charge in [0.2, 0.25) is 0 Å². The first-order chi connectivity index (χ1) is 6.77. The molecule has 0 aliphatic heterocycles. The molecule has 0 atom stereocenters. The van der Waals surface area contributed by atoms with Crippen molar-refractivity contribution in [1.82, 2.24) is 0 Å². The van der Waals surface area contributed by atoms with E-state index in [1.54, 1.807) is 0 Å². The highest BCUT2D eigenvalue weighted by Crippen LogP contribution is 2.19. The molecule has 0 nitrogen and oxygen atoms in total. The van der Waals surface area contributed by atoms with Gasteiger partial charge in [0, 0.05) is 0 Å². The topological polar surface area (TPSA) is 0 Å². The lowest BCUT2D eigenvalue weighted by Gasteiger charge is -2.05. The van der Waals surface area contributed by atoms with Crippen LogP contribution in [0, 0.1) is 19.3 Å². The molecule has 72 valence electrons. The van der Waals surface area contributed by atoms with E-state index in [2.05, 4.69) is 44.0 Å². The lowest BCUT2D eigenvalue weighted by atomic mass is 10.0. The molecule has 0 aliphatic carbocycles. The average Bonchev–Trinajstić information content (AvgIpc) is 2.19. The van der Waals surface area contributed by atoms with Gasteiger partial charge in [-0.05, 0) is 30.6 Å². The number of terminal acetylenes is 1. The molecule has 14 heavy (non-hydrogen) atoms. The van der Waals surface area contributed by atoms with Gasteiger partial charge in [-0.25, -0.2) is 0 Å². The third kappa shape index (κ3) is 2.78. The summed E-state index contributed by atoms with van der Waals surface area (Å²) in [7, 11) is 0. The zero-order valence-corrected chi connectivity index (χ0v) is 8.88. The molecule has 1 aromatic rings. The van der Waals surface area contributed by atoms with E-state index < -0.39 is 0 Å². The van der Waals surface area contributed by atoms with E-state index in [-0.39, 0.29) is 0 Å². The molecule has 1 rings (SSSR count). The van der Waals surface area contributed by atoms with E-state index in [4.69, 9.17) is 6.42 Å². The van der Waals surface area contributed by atoms with Crippen LogP contribution in [-0.4, -0.2) is 0 Å². The average molecular weight is 184 g/mol. The summed E-state index contributed by atoms with van der Waals surface area (Å²) in [6.07, 6.45) is 9.35. The Balaban J connectivity index is 2.95. The van der Waals surface area contributed by atoms with Crippen molar-refractivity contribution in [2.45, 2.75) is 26.7 Å². The molecule has 0 radical (unpaired) electrons. The number of benzene rings is 1. The number of rotatable bonds is 3. The van der Waals surface area contributed by atoms with E-state index in [9.17, 15) is 0 Å². The van der Waals surface area contributed by atoms with Crippen molar-refractivity contribution in [2.24, 2.45) is 0 Å². The van der Waals surface area contributed by atoms with Crippen LogP contribution in [0.25, 0.3) is 5.57 Å². The Morgan fingerprint density at radius 1 is 1.36 bits per heavy atom. The molecular weight excluding hydrogens is 168 g/mol. The zero-order chi connectivity index (χ0) is 10.4. The van der Waals surface area contributed by atoms with Crippen LogP contribution in [0.5, 0.6) is 0 Å². The third-order valence-electron chi connectivity index (χ3n) is 2.20. The van der Waals surface area contributed by atoms with E-state index in [0.717, 1.165) is 12.8 Å². The van der Waals surface area contributed by atoms with Gasteiger partial charge in [-0.1, -0.05) is 49.1 Å². The fraction of sp³-hybridized carbons (Fsp3) is 0.286.